The first-order chi connectivity index (χ1) is 12.0. The number of nitrogens with zero attached hydrogens (tertiary/aromatic N) is 1. The van der Waals surface area contributed by atoms with Crippen LogP contribution >= 0.6 is 12.2 Å². The Balaban J connectivity index is 1.73. The van der Waals surface area contributed by atoms with E-state index in [2.05, 4.69) is 30.0 Å². The van der Waals surface area contributed by atoms with Crippen molar-refractivity contribution < 1.29 is 9.59 Å². The first-order valence-electron chi connectivity index (χ1n) is 8.67. The van der Waals surface area contributed by atoms with Crippen molar-refractivity contribution in [3.8, 4) is 0 Å². The number of anilines is 1. The van der Waals surface area contributed by atoms with Gasteiger partial charge in [0.25, 0.3) is 0 Å². The lowest BCUT2D eigenvalue weighted by atomic mass is 10.1. The second kappa shape index (κ2) is 9.36. The number of amides is 2. The maximum atomic E-state index is 12.0. The van der Waals surface area contributed by atoms with Crippen LogP contribution in [0, 0.1) is 5.92 Å². The van der Waals surface area contributed by atoms with E-state index in [0.717, 1.165) is 37.2 Å². The summed E-state index contributed by atoms with van der Waals surface area (Å²) in [6.07, 6.45) is 2.78. The van der Waals surface area contributed by atoms with Crippen molar-refractivity contribution in [1.82, 2.24) is 16.2 Å². The maximum Gasteiger partial charge on any atom is 0.242 e. The number of thiocarbonyl (C=S) groups is 1. The Bertz CT molecular complexity index is 616. The summed E-state index contributed by atoms with van der Waals surface area (Å²) in [4.78, 5) is 25.5. The molecule has 1 aromatic rings. The van der Waals surface area contributed by atoms with Crippen LogP contribution in [0.2, 0.25) is 0 Å². The number of hydrazine groups is 1. The highest BCUT2D eigenvalue weighted by Gasteiger charge is 2.21. The first-order valence-corrected chi connectivity index (χ1v) is 9.08. The average Bonchev–Trinajstić information content (AvgIpc) is 2.99. The molecule has 2 amide bonds. The predicted molar refractivity (Wildman–Crippen MR) is 103 cm³/mol. The van der Waals surface area contributed by atoms with Gasteiger partial charge in [0.15, 0.2) is 5.11 Å². The zero-order valence-electron chi connectivity index (χ0n) is 14.8. The van der Waals surface area contributed by atoms with Gasteiger partial charge in [0.2, 0.25) is 11.8 Å². The molecule has 6 nitrogen and oxygen atoms in total. The van der Waals surface area contributed by atoms with Gasteiger partial charge in [-0.1, -0.05) is 26.0 Å². The number of nitrogens with one attached hydrogen (secondary N) is 3. The Morgan fingerprint density at radius 2 is 1.96 bits per heavy atom. The number of hydrogen-bond donors (Lipinski definition) is 3. The van der Waals surface area contributed by atoms with Gasteiger partial charge in [0.05, 0.1) is 6.42 Å². The Morgan fingerprint density at radius 3 is 2.56 bits per heavy atom. The molecule has 0 saturated carbocycles. The summed E-state index contributed by atoms with van der Waals surface area (Å²) in [5.41, 5.74) is 7.07. The summed E-state index contributed by atoms with van der Waals surface area (Å²) >= 11 is 5.10. The molecule has 0 unspecified atom stereocenters. The topological polar surface area (TPSA) is 73.5 Å². The van der Waals surface area contributed by atoms with Gasteiger partial charge in [0.1, 0.15) is 0 Å². The van der Waals surface area contributed by atoms with Gasteiger partial charge < -0.3 is 10.2 Å². The predicted octanol–water partition coefficient (Wildman–Crippen LogP) is 1.90. The summed E-state index contributed by atoms with van der Waals surface area (Å²) in [6, 6.07) is 7.52. The van der Waals surface area contributed by atoms with Gasteiger partial charge in [-0.25, -0.2) is 0 Å². The van der Waals surface area contributed by atoms with E-state index in [0.29, 0.717) is 17.5 Å². The molecule has 0 aromatic heterocycles. The van der Waals surface area contributed by atoms with Gasteiger partial charge in [-0.3, -0.25) is 20.4 Å². The molecule has 0 radical (unpaired) electrons. The van der Waals surface area contributed by atoms with E-state index in [-0.39, 0.29) is 18.2 Å². The maximum absolute atomic E-state index is 12.0. The van der Waals surface area contributed by atoms with Crippen molar-refractivity contribution in [3.05, 3.63) is 29.8 Å². The molecule has 1 aliphatic heterocycles. The fourth-order valence-corrected chi connectivity index (χ4v) is 2.74. The second-order valence-electron chi connectivity index (χ2n) is 6.60. The van der Waals surface area contributed by atoms with E-state index in [4.69, 9.17) is 12.2 Å². The number of hydrogen-bond acceptors (Lipinski definition) is 3. The van der Waals surface area contributed by atoms with E-state index < -0.39 is 0 Å². The monoisotopic (exact) mass is 362 g/mol. The molecule has 2 rings (SSSR count). The molecule has 7 heteroatoms. The van der Waals surface area contributed by atoms with Crippen LogP contribution < -0.4 is 21.1 Å². The molecule has 1 aromatic carbocycles. The minimum absolute atomic E-state index is 0.160. The number of benzene rings is 1. The van der Waals surface area contributed by atoms with E-state index in [1.807, 2.05) is 24.3 Å². The summed E-state index contributed by atoms with van der Waals surface area (Å²) in [6.45, 7) is 5.83. The zero-order chi connectivity index (χ0) is 18.2. The largest absolute Gasteiger partial charge is 0.361 e. The molecule has 0 spiro atoms. The molecule has 1 saturated heterocycles. The highest BCUT2D eigenvalue weighted by molar-refractivity contribution is 7.80. The van der Waals surface area contributed by atoms with Crippen molar-refractivity contribution in [2.45, 2.75) is 39.5 Å². The number of carbonyl (C=O) groups excluding carboxylic acids is 2. The van der Waals surface area contributed by atoms with E-state index in [9.17, 15) is 9.59 Å². The van der Waals surface area contributed by atoms with Crippen LogP contribution in [0.25, 0.3) is 0 Å². The van der Waals surface area contributed by atoms with Gasteiger partial charge in [0, 0.05) is 25.2 Å². The van der Waals surface area contributed by atoms with Crippen molar-refractivity contribution >= 4 is 34.8 Å². The van der Waals surface area contributed by atoms with E-state index in [1.54, 1.807) is 4.90 Å². The fraction of sp³-hybridized carbons (Fsp3) is 0.500. The van der Waals surface area contributed by atoms with Crippen LogP contribution in [0.15, 0.2) is 24.3 Å². The third-order valence-electron chi connectivity index (χ3n) is 4.01. The molecule has 0 atom stereocenters. The molecule has 1 fully saturated rings. The van der Waals surface area contributed by atoms with Crippen LogP contribution in [0.4, 0.5) is 5.69 Å². The minimum Gasteiger partial charge on any atom is -0.361 e. The quantitative estimate of drug-likeness (QED) is 0.532. The van der Waals surface area contributed by atoms with Gasteiger partial charge in [-0.05, 0) is 48.7 Å². The third kappa shape index (κ3) is 6.34. The number of carbonyl (C=O) groups is 2. The van der Waals surface area contributed by atoms with Crippen molar-refractivity contribution in [1.29, 1.82) is 0 Å². The van der Waals surface area contributed by atoms with Crippen LogP contribution in [0.1, 0.15) is 38.7 Å². The van der Waals surface area contributed by atoms with Gasteiger partial charge in [-0.15, -0.1) is 0 Å². The SMILES string of the molecule is CC(C)CCNC(=S)NNC(=O)Cc1ccc(N2CCCC2=O)cc1. The molecular weight excluding hydrogens is 336 g/mol. The Labute approximate surface area is 154 Å². The first kappa shape index (κ1) is 19.2. The Kier molecular flexibility index (Phi) is 7.18. The lowest BCUT2D eigenvalue weighted by molar-refractivity contribution is -0.121. The van der Waals surface area contributed by atoms with Crippen molar-refractivity contribution in [3.63, 3.8) is 0 Å². The van der Waals surface area contributed by atoms with Gasteiger partial charge in [-0.2, -0.15) is 0 Å². The Hall–Kier alpha value is -2.15. The molecular formula is C18H26N4O2S. The number of rotatable bonds is 6. The van der Waals surface area contributed by atoms with E-state index >= 15 is 0 Å². The van der Waals surface area contributed by atoms with Crippen LogP contribution in [0.5, 0.6) is 0 Å². The highest BCUT2D eigenvalue weighted by atomic mass is 32.1. The zero-order valence-corrected chi connectivity index (χ0v) is 15.6. The fourth-order valence-electron chi connectivity index (χ4n) is 2.59. The molecule has 1 heterocycles. The van der Waals surface area contributed by atoms with Crippen LogP contribution in [-0.4, -0.2) is 30.0 Å². The normalized spacial score (nSPS) is 13.9. The summed E-state index contributed by atoms with van der Waals surface area (Å²) in [5, 5.41) is 3.46. The summed E-state index contributed by atoms with van der Waals surface area (Å²) in [5.74, 6) is 0.592. The van der Waals surface area contributed by atoms with Crippen molar-refractivity contribution in [2.24, 2.45) is 5.92 Å². The molecule has 1 aliphatic rings. The lowest BCUT2D eigenvalue weighted by Gasteiger charge is -2.16. The Morgan fingerprint density at radius 1 is 1.24 bits per heavy atom. The molecule has 3 N–H and O–H groups in total. The van der Waals surface area contributed by atoms with Crippen molar-refractivity contribution in [2.75, 3.05) is 18.0 Å². The van der Waals surface area contributed by atoms with Gasteiger partial charge >= 0.3 is 0 Å². The van der Waals surface area contributed by atoms with Crippen LogP contribution in [-0.2, 0) is 16.0 Å². The smallest absolute Gasteiger partial charge is 0.242 e. The highest BCUT2D eigenvalue weighted by Crippen LogP contribution is 2.21. The average molecular weight is 362 g/mol. The summed E-state index contributed by atoms with van der Waals surface area (Å²) < 4.78 is 0. The third-order valence-corrected chi connectivity index (χ3v) is 4.26. The van der Waals surface area contributed by atoms with E-state index in [1.165, 1.54) is 0 Å². The standard InChI is InChI=1S/C18H26N4O2S/c1-13(2)9-10-19-18(25)21-20-16(23)12-14-5-7-15(8-6-14)22-11-3-4-17(22)24/h5-8,13H,3-4,9-12H2,1-2H3,(H,20,23)(H2,19,21,25). The lowest BCUT2D eigenvalue weighted by Crippen LogP contribution is -2.47. The minimum atomic E-state index is -0.169. The second-order valence-corrected chi connectivity index (χ2v) is 7.01. The van der Waals surface area contributed by atoms with Crippen LogP contribution in [0.3, 0.4) is 0 Å². The molecule has 136 valence electrons. The molecule has 0 aliphatic carbocycles. The molecule has 0 bridgehead atoms. The molecule has 25 heavy (non-hydrogen) atoms. The summed E-state index contributed by atoms with van der Waals surface area (Å²) in [7, 11) is 0.